The van der Waals surface area contributed by atoms with Gasteiger partial charge in [0.15, 0.2) is 0 Å². The molecular formula is C21H28F3N3O4. The molecule has 172 valence electrons. The quantitative estimate of drug-likeness (QED) is 0.561. The van der Waals surface area contributed by atoms with E-state index in [0.717, 1.165) is 12.8 Å². The molecule has 0 saturated heterocycles. The van der Waals surface area contributed by atoms with Crippen LogP contribution in [0.15, 0.2) is 36.4 Å². The van der Waals surface area contributed by atoms with Crippen molar-refractivity contribution in [2.75, 3.05) is 0 Å². The van der Waals surface area contributed by atoms with Crippen molar-refractivity contribution in [3.05, 3.63) is 47.5 Å². The Labute approximate surface area is 179 Å². The Morgan fingerprint density at radius 2 is 1.71 bits per heavy atom. The number of rotatable bonds is 7. The van der Waals surface area contributed by atoms with Gasteiger partial charge in [-0.2, -0.15) is 13.2 Å². The third-order valence-electron chi connectivity index (χ3n) is 4.57. The standard InChI is InChI=1S/C19H27N3O2.C2HF3O2/c1-3-7-16(21-19(24)17(20)4-2)10-11-18(23)22-12-14-8-5-6-9-15(14)13-22;3-2(4,5)1(6)7/h5-6,8-11,16-17H,3-4,7,12-13,20H2,1-2H3,(H,21,24);(H,6,7)/b11-10+;/t16-,17-;/m0./s1. The van der Waals surface area contributed by atoms with E-state index >= 15 is 0 Å². The molecule has 7 nitrogen and oxygen atoms in total. The van der Waals surface area contributed by atoms with E-state index in [2.05, 4.69) is 17.4 Å². The molecule has 10 heteroatoms. The highest BCUT2D eigenvalue weighted by Gasteiger charge is 2.38. The molecular weight excluding hydrogens is 415 g/mol. The summed E-state index contributed by atoms with van der Waals surface area (Å²) in [6.07, 6.45) is 0.574. The van der Waals surface area contributed by atoms with Crippen LogP contribution in [0.25, 0.3) is 0 Å². The lowest BCUT2D eigenvalue weighted by Crippen LogP contribution is -2.44. The van der Waals surface area contributed by atoms with Gasteiger partial charge in [-0.1, -0.05) is 50.6 Å². The number of nitrogens with one attached hydrogen (secondary N) is 1. The molecule has 0 radical (unpaired) electrons. The van der Waals surface area contributed by atoms with Gasteiger partial charge in [0.05, 0.1) is 6.04 Å². The average molecular weight is 443 g/mol. The van der Waals surface area contributed by atoms with Crippen molar-refractivity contribution in [2.24, 2.45) is 5.73 Å². The van der Waals surface area contributed by atoms with Gasteiger partial charge in [0.2, 0.25) is 11.8 Å². The van der Waals surface area contributed by atoms with Gasteiger partial charge in [0, 0.05) is 25.2 Å². The number of hydrogen-bond acceptors (Lipinski definition) is 4. The summed E-state index contributed by atoms with van der Waals surface area (Å²) in [6.45, 7) is 5.21. The number of carboxylic acids is 1. The zero-order valence-electron chi connectivity index (χ0n) is 17.5. The lowest BCUT2D eigenvalue weighted by atomic mass is 10.1. The number of amides is 2. The highest BCUT2D eigenvalue weighted by atomic mass is 19.4. The molecule has 2 amide bonds. The number of halogens is 3. The van der Waals surface area contributed by atoms with Crippen molar-refractivity contribution < 1.29 is 32.7 Å². The van der Waals surface area contributed by atoms with Gasteiger partial charge in [-0.15, -0.1) is 0 Å². The maximum Gasteiger partial charge on any atom is 0.490 e. The summed E-state index contributed by atoms with van der Waals surface area (Å²) >= 11 is 0. The van der Waals surface area contributed by atoms with E-state index in [1.807, 2.05) is 30.9 Å². The maximum absolute atomic E-state index is 12.4. The first-order valence-electron chi connectivity index (χ1n) is 9.89. The molecule has 0 fully saturated rings. The second kappa shape index (κ2) is 12.1. The molecule has 2 atom stereocenters. The summed E-state index contributed by atoms with van der Waals surface area (Å²) in [5.41, 5.74) is 8.15. The Bertz CT molecular complexity index is 771. The summed E-state index contributed by atoms with van der Waals surface area (Å²) in [4.78, 5) is 35.0. The zero-order chi connectivity index (χ0) is 23.6. The highest BCUT2D eigenvalue weighted by Crippen LogP contribution is 2.22. The molecule has 1 aliphatic rings. The summed E-state index contributed by atoms with van der Waals surface area (Å²) in [6, 6.07) is 7.44. The normalized spacial score (nSPS) is 15.0. The van der Waals surface area contributed by atoms with Crippen molar-refractivity contribution in [2.45, 2.75) is 64.5 Å². The first-order chi connectivity index (χ1) is 14.5. The minimum absolute atomic E-state index is 0.0265. The Morgan fingerprint density at radius 3 is 2.13 bits per heavy atom. The zero-order valence-corrected chi connectivity index (χ0v) is 17.5. The van der Waals surface area contributed by atoms with E-state index in [4.69, 9.17) is 15.6 Å². The van der Waals surface area contributed by atoms with Crippen LogP contribution in [-0.2, 0) is 27.5 Å². The second-order valence-corrected chi connectivity index (χ2v) is 7.04. The van der Waals surface area contributed by atoms with Gasteiger partial charge < -0.3 is 21.1 Å². The topological polar surface area (TPSA) is 113 Å². The van der Waals surface area contributed by atoms with Crippen molar-refractivity contribution >= 4 is 17.8 Å². The third kappa shape index (κ3) is 8.79. The Kier molecular flexibility index (Phi) is 10.2. The fourth-order valence-electron chi connectivity index (χ4n) is 2.80. The SMILES string of the molecule is CCC[C@@H](/C=C/C(=O)N1Cc2ccccc2C1)NC(=O)[C@@H](N)CC.O=C(O)C(F)(F)F. The number of alkyl halides is 3. The monoisotopic (exact) mass is 443 g/mol. The van der Waals surface area contributed by atoms with Gasteiger partial charge in [-0.05, 0) is 24.0 Å². The lowest BCUT2D eigenvalue weighted by molar-refractivity contribution is -0.192. The first kappa shape index (κ1) is 26.2. The van der Waals surface area contributed by atoms with Crippen LogP contribution in [0.4, 0.5) is 13.2 Å². The third-order valence-corrected chi connectivity index (χ3v) is 4.57. The molecule has 0 unspecified atom stereocenters. The minimum Gasteiger partial charge on any atom is -0.475 e. The van der Waals surface area contributed by atoms with Crippen LogP contribution in [0.3, 0.4) is 0 Å². The first-order valence-corrected chi connectivity index (χ1v) is 9.89. The Hall–Kier alpha value is -2.88. The number of nitrogens with two attached hydrogens (primary N) is 1. The summed E-state index contributed by atoms with van der Waals surface area (Å²) in [5.74, 6) is -2.95. The van der Waals surface area contributed by atoms with Crippen molar-refractivity contribution in [3.63, 3.8) is 0 Å². The predicted octanol–water partition coefficient (Wildman–Crippen LogP) is 2.74. The molecule has 1 heterocycles. The largest absolute Gasteiger partial charge is 0.490 e. The van der Waals surface area contributed by atoms with E-state index in [9.17, 15) is 22.8 Å². The van der Waals surface area contributed by atoms with E-state index < -0.39 is 18.2 Å². The predicted molar refractivity (Wildman–Crippen MR) is 109 cm³/mol. The van der Waals surface area contributed by atoms with Crippen LogP contribution in [0.1, 0.15) is 44.2 Å². The van der Waals surface area contributed by atoms with Crippen LogP contribution in [0.2, 0.25) is 0 Å². The fourth-order valence-corrected chi connectivity index (χ4v) is 2.80. The maximum atomic E-state index is 12.4. The Morgan fingerprint density at radius 1 is 1.19 bits per heavy atom. The molecule has 2 rings (SSSR count). The second-order valence-electron chi connectivity index (χ2n) is 7.04. The van der Waals surface area contributed by atoms with Crippen LogP contribution in [0, 0.1) is 0 Å². The fraction of sp³-hybridized carbons (Fsp3) is 0.476. The summed E-state index contributed by atoms with van der Waals surface area (Å²) in [5, 5.41) is 10.0. The molecule has 1 aromatic rings. The number of carbonyl (C=O) groups excluding carboxylic acids is 2. The minimum atomic E-state index is -5.08. The molecule has 0 bridgehead atoms. The van der Waals surface area contributed by atoms with Gasteiger partial charge in [-0.25, -0.2) is 4.79 Å². The van der Waals surface area contributed by atoms with Crippen LogP contribution in [-0.4, -0.2) is 46.1 Å². The van der Waals surface area contributed by atoms with Gasteiger partial charge in [-0.3, -0.25) is 9.59 Å². The number of nitrogens with zero attached hydrogens (tertiary/aromatic N) is 1. The van der Waals surface area contributed by atoms with Crippen LogP contribution in [0.5, 0.6) is 0 Å². The summed E-state index contributed by atoms with van der Waals surface area (Å²) < 4.78 is 31.7. The average Bonchev–Trinajstić information content (AvgIpc) is 3.15. The van der Waals surface area contributed by atoms with Crippen molar-refractivity contribution in [1.29, 1.82) is 0 Å². The number of benzene rings is 1. The molecule has 0 spiro atoms. The van der Waals surface area contributed by atoms with E-state index in [1.165, 1.54) is 11.1 Å². The molecule has 1 aliphatic heterocycles. The molecule has 31 heavy (non-hydrogen) atoms. The van der Waals surface area contributed by atoms with E-state index in [-0.39, 0.29) is 17.9 Å². The Balaban J connectivity index is 0.000000592. The lowest BCUT2D eigenvalue weighted by Gasteiger charge is -2.18. The highest BCUT2D eigenvalue weighted by molar-refractivity contribution is 5.88. The molecule has 0 aromatic heterocycles. The van der Waals surface area contributed by atoms with Crippen molar-refractivity contribution in [3.8, 4) is 0 Å². The number of carbonyl (C=O) groups is 3. The van der Waals surface area contributed by atoms with Gasteiger partial charge in [0.1, 0.15) is 0 Å². The van der Waals surface area contributed by atoms with E-state index in [0.29, 0.717) is 19.5 Å². The van der Waals surface area contributed by atoms with Crippen molar-refractivity contribution in [1.82, 2.24) is 10.2 Å². The molecule has 0 aliphatic carbocycles. The summed E-state index contributed by atoms with van der Waals surface area (Å²) in [7, 11) is 0. The van der Waals surface area contributed by atoms with Crippen LogP contribution >= 0.6 is 0 Å². The smallest absolute Gasteiger partial charge is 0.475 e. The molecule has 4 N–H and O–H groups in total. The van der Waals surface area contributed by atoms with Gasteiger partial charge in [0.25, 0.3) is 0 Å². The number of aliphatic carboxylic acids is 1. The van der Waals surface area contributed by atoms with E-state index in [1.54, 1.807) is 12.2 Å². The van der Waals surface area contributed by atoms with Gasteiger partial charge >= 0.3 is 12.1 Å². The number of hydrogen-bond donors (Lipinski definition) is 3. The molecule has 1 aromatic carbocycles. The molecule has 0 saturated carbocycles. The van der Waals surface area contributed by atoms with Crippen LogP contribution < -0.4 is 11.1 Å². The number of fused-ring (bicyclic) bond motifs is 1. The number of carboxylic acid groups (broad SMARTS) is 1.